The summed E-state index contributed by atoms with van der Waals surface area (Å²) in [6.45, 7) is 1.40. The highest BCUT2D eigenvalue weighted by Crippen LogP contribution is 2.23. The number of aromatic nitrogens is 3. The Morgan fingerprint density at radius 2 is 2.17 bits per heavy atom. The summed E-state index contributed by atoms with van der Waals surface area (Å²) in [5, 5.41) is 12.0. The molecule has 23 heavy (non-hydrogen) atoms. The van der Waals surface area contributed by atoms with E-state index in [-0.39, 0.29) is 11.7 Å². The van der Waals surface area contributed by atoms with Crippen LogP contribution in [0.5, 0.6) is 0 Å². The SMILES string of the molecule is O=c1[nH]c(NCC2CCCO2)nnc1Cc1ccc(Cl)c(Cl)c1. The maximum atomic E-state index is 12.1. The van der Waals surface area contributed by atoms with E-state index in [0.29, 0.717) is 34.7 Å². The highest BCUT2D eigenvalue weighted by molar-refractivity contribution is 6.42. The Morgan fingerprint density at radius 3 is 2.87 bits per heavy atom. The molecule has 1 unspecified atom stereocenters. The van der Waals surface area contributed by atoms with Gasteiger partial charge in [0, 0.05) is 19.6 Å². The minimum Gasteiger partial charge on any atom is -0.376 e. The van der Waals surface area contributed by atoms with Gasteiger partial charge in [-0.2, -0.15) is 0 Å². The molecule has 2 N–H and O–H groups in total. The summed E-state index contributed by atoms with van der Waals surface area (Å²) >= 11 is 11.9. The number of hydrogen-bond donors (Lipinski definition) is 2. The number of H-pyrrole nitrogens is 1. The van der Waals surface area contributed by atoms with Gasteiger partial charge >= 0.3 is 0 Å². The number of rotatable bonds is 5. The van der Waals surface area contributed by atoms with Gasteiger partial charge < -0.3 is 10.1 Å². The molecule has 0 bridgehead atoms. The zero-order valence-electron chi connectivity index (χ0n) is 12.3. The van der Waals surface area contributed by atoms with Crippen LogP contribution >= 0.6 is 23.2 Å². The van der Waals surface area contributed by atoms with E-state index in [1.165, 1.54) is 0 Å². The summed E-state index contributed by atoms with van der Waals surface area (Å²) in [7, 11) is 0. The number of halogens is 2. The molecular weight excluding hydrogens is 339 g/mol. The number of anilines is 1. The largest absolute Gasteiger partial charge is 0.376 e. The average Bonchev–Trinajstić information content (AvgIpc) is 3.05. The molecule has 0 spiro atoms. The van der Waals surface area contributed by atoms with E-state index in [1.54, 1.807) is 18.2 Å². The standard InChI is InChI=1S/C15H16Cl2N4O2/c16-11-4-3-9(6-12(11)17)7-13-14(22)19-15(21-20-13)18-8-10-2-1-5-23-10/h3-4,6,10H,1-2,5,7-8H2,(H2,18,19,21,22). The lowest BCUT2D eigenvalue weighted by molar-refractivity contribution is 0.120. The van der Waals surface area contributed by atoms with Crippen LogP contribution < -0.4 is 10.9 Å². The van der Waals surface area contributed by atoms with Crippen LogP contribution in [0.4, 0.5) is 5.95 Å². The first-order valence-electron chi connectivity index (χ1n) is 7.37. The van der Waals surface area contributed by atoms with Gasteiger partial charge in [-0.15, -0.1) is 10.2 Å². The second-order valence-corrected chi connectivity index (χ2v) is 6.20. The normalized spacial score (nSPS) is 17.4. The van der Waals surface area contributed by atoms with E-state index in [0.717, 1.165) is 25.0 Å². The van der Waals surface area contributed by atoms with Crippen molar-refractivity contribution in [2.24, 2.45) is 0 Å². The lowest BCUT2D eigenvalue weighted by atomic mass is 10.1. The highest BCUT2D eigenvalue weighted by atomic mass is 35.5. The van der Waals surface area contributed by atoms with Gasteiger partial charge in [-0.05, 0) is 30.5 Å². The van der Waals surface area contributed by atoms with Crippen LogP contribution in [-0.4, -0.2) is 34.4 Å². The third-order valence-electron chi connectivity index (χ3n) is 3.64. The van der Waals surface area contributed by atoms with Crippen LogP contribution in [0, 0.1) is 0 Å². The van der Waals surface area contributed by atoms with Gasteiger partial charge in [0.25, 0.3) is 5.56 Å². The maximum absolute atomic E-state index is 12.1. The average molecular weight is 355 g/mol. The van der Waals surface area contributed by atoms with Crippen molar-refractivity contribution in [3.8, 4) is 0 Å². The molecular formula is C15H16Cl2N4O2. The lowest BCUT2D eigenvalue weighted by Gasteiger charge is -2.10. The van der Waals surface area contributed by atoms with Crippen molar-refractivity contribution < 1.29 is 4.74 Å². The molecule has 0 radical (unpaired) electrons. The Labute approximate surface area is 143 Å². The molecule has 6 nitrogen and oxygen atoms in total. The fourth-order valence-electron chi connectivity index (χ4n) is 2.41. The molecule has 1 saturated heterocycles. The first-order chi connectivity index (χ1) is 11.1. The van der Waals surface area contributed by atoms with E-state index >= 15 is 0 Å². The molecule has 1 aromatic carbocycles. The summed E-state index contributed by atoms with van der Waals surface area (Å²) in [6, 6.07) is 5.21. The fourth-order valence-corrected chi connectivity index (χ4v) is 2.74. The zero-order valence-corrected chi connectivity index (χ0v) is 13.8. The van der Waals surface area contributed by atoms with Crippen LogP contribution in [0.1, 0.15) is 24.1 Å². The van der Waals surface area contributed by atoms with Crippen molar-refractivity contribution in [1.82, 2.24) is 15.2 Å². The molecule has 0 amide bonds. The molecule has 3 rings (SSSR count). The Bertz CT molecular complexity index is 744. The fraction of sp³-hybridized carbons (Fsp3) is 0.400. The topological polar surface area (TPSA) is 79.9 Å². The van der Waals surface area contributed by atoms with Crippen LogP contribution in [0.25, 0.3) is 0 Å². The number of benzene rings is 1. The highest BCUT2D eigenvalue weighted by Gasteiger charge is 2.15. The third kappa shape index (κ3) is 4.22. The molecule has 1 atom stereocenters. The van der Waals surface area contributed by atoms with Crippen LogP contribution in [0.3, 0.4) is 0 Å². The first kappa shape index (κ1) is 16.2. The Balaban J connectivity index is 1.66. The summed E-state index contributed by atoms with van der Waals surface area (Å²) in [4.78, 5) is 14.8. The Kier molecular flexibility index (Phi) is 5.15. The minimum atomic E-state index is -0.277. The number of nitrogens with one attached hydrogen (secondary N) is 2. The summed E-state index contributed by atoms with van der Waals surface area (Å²) in [5.41, 5.74) is 0.895. The van der Waals surface area contributed by atoms with Crippen molar-refractivity contribution in [2.45, 2.75) is 25.4 Å². The number of aromatic amines is 1. The molecule has 1 aromatic heterocycles. The van der Waals surface area contributed by atoms with Gasteiger partial charge in [0.1, 0.15) is 5.69 Å². The Hall–Kier alpha value is -1.63. The number of hydrogen-bond acceptors (Lipinski definition) is 5. The molecule has 2 aromatic rings. The van der Waals surface area contributed by atoms with E-state index in [4.69, 9.17) is 27.9 Å². The smallest absolute Gasteiger partial charge is 0.274 e. The second-order valence-electron chi connectivity index (χ2n) is 5.39. The van der Waals surface area contributed by atoms with Crippen molar-refractivity contribution in [1.29, 1.82) is 0 Å². The summed E-state index contributed by atoms with van der Waals surface area (Å²) in [6.07, 6.45) is 2.58. The zero-order chi connectivity index (χ0) is 16.2. The molecule has 122 valence electrons. The third-order valence-corrected chi connectivity index (χ3v) is 4.38. The van der Waals surface area contributed by atoms with Gasteiger partial charge in [-0.25, -0.2) is 0 Å². The predicted octanol–water partition coefficient (Wildman–Crippen LogP) is 2.65. The molecule has 1 aliphatic heterocycles. The number of nitrogens with zero attached hydrogens (tertiary/aromatic N) is 2. The van der Waals surface area contributed by atoms with Gasteiger partial charge in [-0.3, -0.25) is 9.78 Å². The van der Waals surface area contributed by atoms with E-state index in [9.17, 15) is 4.79 Å². The minimum absolute atomic E-state index is 0.163. The van der Waals surface area contributed by atoms with Crippen molar-refractivity contribution in [3.05, 3.63) is 49.9 Å². The van der Waals surface area contributed by atoms with Crippen molar-refractivity contribution in [2.75, 3.05) is 18.5 Å². The van der Waals surface area contributed by atoms with Gasteiger partial charge in [0.05, 0.1) is 16.1 Å². The molecule has 8 heteroatoms. The van der Waals surface area contributed by atoms with Crippen LogP contribution in [0.15, 0.2) is 23.0 Å². The number of ether oxygens (including phenoxy) is 1. The second kappa shape index (κ2) is 7.29. The maximum Gasteiger partial charge on any atom is 0.274 e. The molecule has 1 fully saturated rings. The van der Waals surface area contributed by atoms with Crippen molar-refractivity contribution in [3.63, 3.8) is 0 Å². The van der Waals surface area contributed by atoms with Crippen LogP contribution in [0.2, 0.25) is 10.0 Å². The lowest BCUT2D eigenvalue weighted by Crippen LogP contribution is -2.24. The van der Waals surface area contributed by atoms with Gasteiger partial charge in [0.15, 0.2) is 0 Å². The monoisotopic (exact) mass is 354 g/mol. The molecule has 1 aliphatic rings. The summed E-state index contributed by atoms with van der Waals surface area (Å²) < 4.78 is 5.50. The van der Waals surface area contributed by atoms with Gasteiger partial charge in [0.2, 0.25) is 5.95 Å². The molecule has 0 saturated carbocycles. The predicted molar refractivity (Wildman–Crippen MR) is 89.4 cm³/mol. The van der Waals surface area contributed by atoms with Gasteiger partial charge in [-0.1, -0.05) is 29.3 Å². The van der Waals surface area contributed by atoms with Crippen LogP contribution in [-0.2, 0) is 11.2 Å². The first-order valence-corrected chi connectivity index (χ1v) is 8.12. The molecule has 0 aliphatic carbocycles. The Morgan fingerprint density at radius 1 is 1.30 bits per heavy atom. The van der Waals surface area contributed by atoms with E-state index in [2.05, 4.69) is 20.5 Å². The quantitative estimate of drug-likeness (QED) is 0.862. The van der Waals surface area contributed by atoms with E-state index < -0.39 is 0 Å². The summed E-state index contributed by atoms with van der Waals surface area (Å²) in [5.74, 6) is 0.350. The molecule has 2 heterocycles. The van der Waals surface area contributed by atoms with Crippen molar-refractivity contribution >= 4 is 29.2 Å². The van der Waals surface area contributed by atoms with E-state index in [1.807, 2.05) is 0 Å².